The number of hydrogen-bond donors (Lipinski definition) is 6. The summed E-state index contributed by atoms with van der Waals surface area (Å²) in [6, 6.07) is -2.10. The molecule has 38 heavy (non-hydrogen) atoms. The molecular formula is C26H50N4O6S2. The number of hydrogen-bond acceptors (Lipinski definition) is 8. The van der Waals surface area contributed by atoms with Crippen molar-refractivity contribution in [2.45, 2.75) is 115 Å². The Bertz CT molecular complexity index is 603. The lowest BCUT2D eigenvalue weighted by molar-refractivity contribution is -0.141. The average Bonchev–Trinajstić information content (AvgIpc) is 2.87. The molecule has 0 aliphatic carbocycles. The van der Waals surface area contributed by atoms with Crippen LogP contribution in [0.3, 0.4) is 0 Å². The number of carboxylic acid groups (broad SMARTS) is 2. The minimum absolute atomic E-state index is 0.0957. The summed E-state index contributed by atoms with van der Waals surface area (Å²) in [4.78, 5) is 47.3. The van der Waals surface area contributed by atoms with Crippen LogP contribution < -0.4 is 22.1 Å². The summed E-state index contributed by atoms with van der Waals surface area (Å²) in [6.45, 7) is 1.44. The van der Waals surface area contributed by atoms with Crippen LogP contribution in [0, 0.1) is 0 Å². The van der Waals surface area contributed by atoms with Crippen molar-refractivity contribution in [1.29, 1.82) is 0 Å². The van der Waals surface area contributed by atoms with Gasteiger partial charge in [0.2, 0.25) is 11.8 Å². The minimum atomic E-state index is -1.13. The van der Waals surface area contributed by atoms with Gasteiger partial charge in [0.1, 0.15) is 12.1 Å². The molecule has 0 aromatic heterocycles. The fraction of sp³-hybridized carbons (Fsp3) is 0.846. The largest absolute Gasteiger partial charge is 0.480 e. The van der Waals surface area contributed by atoms with Gasteiger partial charge in [0, 0.05) is 24.3 Å². The van der Waals surface area contributed by atoms with Crippen molar-refractivity contribution in [2.24, 2.45) is 11.5 Å². The molecule has 10 nitrogen and oxygen atoms in total. The van der Waals surface area contributed by atoms with E-state index in [1.807, 2.05) is 0 Å². The fourth-order valence-electron chi connectivity index (χ4n) is 3.74. The highest BCUT2D eigenvalue weighted by molar-refractivity contribution is 8.76. The molecule has 0 heterocycles. The lowest BCUT2D eigenvalue weighted by atomic mass is 10.1. The highest BCUT2D eigenvalue weighted by Gasteiger charge is 2.22. The molecule has 2 unspecified atom stereocenters. The van der Waals surface area contributed by atoms with Gasteiger partial charge in [-0.3, -0.25) is 9.59 Å². The molecule has 0 rings (SSSR count). The van der Waals surface area contributed by atoms with Crippen LogP contribution in [0.25, 0.3) is 0 Å². The molecule has 2 amide bonds. The molecule has 0 fully saturated rings. The minimum Gasteiger partial charge on any atom is -0.480 e. The van der Waals surface area contributed by atoms with Gasteiger partial charge >= 0.3 is 11.9 Å². The SMILES string of the molecule is NCCCCCCCCCC(=O)NC(CSSCC(NC(=O)CCCCCCCCCN)C(=O)O)C(=O)O. The van der Waals surface area contributed by atoms with E-state index < -0.39 is 24.0 Å². The lowest BCUT2D eigenvalue weighted by Crippen LogP contribution is -2.43. The predicted molar refractivity (Wildman–Crippen MR) is 156 cm³/mol. The van der Waals surface area contributed by atoms with Gasteiger partial charge in [-0.25, -0.2) is 9.59 Å². The molecule has 0 saturated heterocycles. The van der Waals surface area contributed by atoms with Gasteiger partial charge in [-0.1, -0.05) is 85.8 Å². The Hall–Kier alpha value is -1.50. The first kappa shape index (κ1) is 36.5. The van der Waals surface area contributed by atoms with Crippen molar-refractivity contribution < 1.29 is 29.4 Å². The van der Waals surface area contributed by atoms with E-state index in [4.69, 9.17) is 11.5 Å². The van der Waals surface area contributed by atoms with Crippen LogP contribution in [0.15, 0.2) is 0 Å². The van der Waals surface area contributed by atoms with Gasteiger partial charge < -0.3 is 32.3 Å². The molecule has 0 spiro atoms. The Kier molecular flexibility index (Phi) is 24.7. The smallest absolute Gasteiger partial charge is 0.327 e. The van der Waals surface area contributed by atoms with Crippen LogP contribution >= 0.6 is 21.6 Å². The van der Waals surface area contributed by atoms with E-state index >= 15 is 0 Å². The van der Waals surface area contributed by atoms with E-state index in [1.54, 1.807) is 0 Å². The summed E-state index contributed by atoms with van der Waals surface area (Å²) in [5.74, 6) is -2.66. The number of carboxylic acids is 2. The standard InChI is InChI=1S/C26H50N4O6S2/c27-17-13-9-5-1-3-7-11-15-23(31)29-21(25(33)34)19-37-38-20-22(26(35)36)30-24(32)16-12-8-4-2-6-10-14-18-28/h21-22H,1-20,27-28H2,(H,29,31)(H,30,32)(H,33,34)(H,35,36). The molecule has 8 N–H and O–H groups in total. The third kappa shape index (κ3) is 22.5. The maximum atomic E-state index is 12.1. The van der Waals surface area contributed by atoms with Gasteiger partial charge in [-0.15, -0.1) is 0 Å². The number of carbonyl (C=O) groups is 4. The second-order valence-electron chi connectivity index (χ2n) is 9.51. The number of aliphatic carboxylic acids is 2. The Labute approximate surface area is 236 Å². The number of rotatable bonds is 27. The zero-order valence-electron chi connectivity index (χ0n) is 22.8. The maximum absolute atomic E-state index is 12.1. The van der Waals surface area contributed by atoms with Gasteiger partial charge in [-0.2, -0.15) is 0 Å². The predicted octanol–water partition coefficient (Wildman–Crippen LogP) is 3.67. The van der Waals surface area contributed by atoms with Crippen LogP contribution in [-0.4, -0.2) is 70.6 Å². The summed E-state index contributed by atoms with van der Waals surface area (Å²) < 4.78 is 0. The maximum Gasteiger partial charge on any atom is 0.327 e. The third-order valence-corrected chi connectivity index (χ3v) is 8.46. The molecule has 222 valence electrons. The normalized spacial score (nSPS) is 12.6. The first-order valence-electron chi connectivity index (χ1n) is 14.0. The number of nitrogens with two attached hydrogens (primary N) is 2. The summed E-state index contributed by atoms with van der Waals surface area (Å²) in [7, 11) is 2.34. The van der Waals surface area contributed by atoms with Crippen molar-refractivity contribution in [3.05, 3.63) is 0 Å². The van der Waals surface area contributed by atoms with E-state index in [-0.39, 0.29) is 36.2 Å². The van der Waals surface area contributed by atoms with Crippen molar-refractivity contribution in [3.63, 3.8) is 0 Å². The van der Waals surface area contributed by atoms with Crippen LogP contribution in [0.1, 0.15) is 103 Å². The molecular weight excluding hydrogens is 528 g/mol. The first-order chi connectivity index (χ1) is 18.3. The van der Waals surface area contributed by atoms with Crippen LogP contribution in [0.5, 0.6) is 0 Å². The van der Waals surface area contributed by atoms with Crippen LogP contribution in [0.4, 0.5) is 0 Å². The third-order valence-electron chi connectivity index (χ3n) is 6.04. The molecule has 0 aliphatic heterocycles. The molecule has 0 saturated carbocycles. The van der Waals surface area contributed by atoms with E-state index in [0.29, 0.717) is 12.8 Å². The van der Waals surface area contributed by atoms with Gasteiger partial charge in [0.25, 0.3) is 0 Å². The Morgan fingerprint density at radius 2 is 0.816 bits per heavy atom. The Morgan fingerprint density at radius 3 is 1.11 bits per heavy atom. The summed E-state index contributed by atoms with van der Waals surface area (Å²) >= 11 is 0. The van der Waals surface area contributed by atoms with Crippen molar-refractivity contribution >= 4 is 45.3 Å². The van der Waals surface area contributed by atoms with E-state index in [9.17, 15) is 29.4 Å². The molecule has 0 aliphatic rings. The lowest BCUT2D eigenvalue weighted by Gasteiger charge is -2.16. The van der Waals surface area contributed by atoms with Crippen LogP contribution in [-0.2, 0) is 19.2 Å². The molecule has 0 aromatic rings. The molecule has 12 heteroatoms. The van der Waals surface area contributed by atoms with E-state index in [2.05, 4.69) is 10.6 Å². The molecule has 2 atom stereocenters. The second-order valence-corrected chi connectivity index (χ2v) is 12.1. The highest BCUT2D eigenvalue weighted by Crippen LogP contribution is 2.23. The van der Waals surface area contributed by atoms with Gasteiger partial charge in [-0.05, 0) is 38.8 Å². The van der Waals surface area contributed by atoms with Crippen molar-refractivity contribution in [2.75, 3.05) is 24.6 Å². The van der Waals surface area contributed by atoms with Crippen LogP contribution in [0.2, 0.25) is 0 Å². The zero-order valence-corrected chi connectivity index (χ0v) is 24.4. The number of nitrogens with one attached hydrogen (secondary N) is 2. The quantitative estimate of drug-likeness (QED) is 0.0620. The molecule has 0 bridgehead atoms. The Balaban J connectivity index is 4.10. The summed E-state index contributed by atoms with van der Waals surface area (Å²) in [5.41, 5.74) is 10.9. The van der Waals surface area contributed by atoms with Gasteiger partial charge in [0.15, 0.2) is 0 Å². The number of carbonyl (C=O) groups excluding carboxylic acids is 2. The monoisotopic (exact) mass is 578 g/mol. The zero-order chi connectivity index (χ0) is 28.4. The molecule has 0 aromatic carbocycles. The topological polar surface area (TPSA) is 185 Å². The average molecular weight is 579 g/mol. The number of unbranched alkanes of at least 4 members (excludes halogenated alkanes) is 12. The summed E-state index contributed by atoms with van der Waals surface area (Å²) in [5, 5.41) is 23.9. The van der Waals surface area contributed by atoms with E-state index in [1.165, 1.54) is 21.6 Å². The summed E-state index contributed by atoms with van der Waals surface area (Å²) in [6.07, 6.45) is 14.8. The number of amides is 2. The first-order valence-corrected chi connectivity index (χ1v) is 16.5. The van der Waals surface area contributed by atoms with Gasteiger partial charge in [0.05, 0.1) is 0 Å². The fourth-order valence-corrected chi connectivity index (χ4v) is 6.05. The molecule has 0 radical (unpaired) electrons. The van der Waals surface area contributed by atoms with Crippen molar-refractivity contribution in [3.8, 4) is 0 Å². The van der Waals surface area contributed by atoms with Crippen molar-refractivity contribution in [1.82, 2.24) is 10.6 Å². The Morgan fingerprint density at radius 1 is 0.526 bits per heavy atom. The highest BCUT2D eigenvalue weighted by atomic mass is 33.1. The second kappa shape index (κ2) is 25.8. The van der Waals surface area contributed by atoms with E-state index in [0.717, 1.165) is 90.1 Å².